The third kappa shape index (κ3) is 4.30. The molecule has 23 heavy (non-hydrogen) atoms. The second-order valence-corrected chi connectivity index (χ2v) is 6.47. The number of hydrogen-bond donors (Lipinski definition) is 3. The van der Waals surface area contributed by atoms with Crippen LogP contribution in [0.15, 0.2) is 41.1 Å². The monoisotopic (exact) mass is 373 g/mol. The first-order chi connectivity index (χ1) is 11.2. The normalized spacial score (nSPS) is 11.0. The van der Waals surface area contributed by atoms with Gasteiger partial charge in [0.25, 0.3) is 0 Å². The highest BCUT2D eigenvalue weighted by Gasteiger charge is 2.04. The zero-order chi connectivity index (χ0) is 16.1. The van der Waals surface area contributed by atoms with Gasteiger partial charge in [0.1, 0.15) is 5.82 Å². The third-order valence-corrected chi connectivity index (χ3v) is 4.34. The molecule has 2 aromatic heterocycles. The van der Waals surface area contributed by atoms with E-state index in [1.54, 1.807) is 0 Å². The number of hydrogen-bond acceptors (Lipinski definition) is 3. The van der Waals surface area contributed by atoms with Crippen LogP contribution < -0.4 is 5.32 Å². The maximum absolute atomic E-state index is 4.43. The van der Waals surface area contributed by atoms with Crippen LogP contribution in [0.3, 0.4) is 0 Å². The molecule has 0 aliphatic heterocycles. The summed E-state index contributed by atoms with van der Waals surface area (Å²) in [6.07, 6.45) is 5.92. The van der Waals surface area contributed by atoms with Gasteiger partial charge >= 0.3 is 0 Å². The zero-order valence-corrected chi connectivity index (χ0v) is 14.7. The highest BCUT2D eigenvalue weighted by atomic mass is 79.9. The van der Waals surface area contributed by atoms with Crippen molar-refractivity contribution >= 4 is 15.9 Å². The van der Waals surface area contributed by atoms with Gasteiger partial charge < -0.3 is 10.3 Å². The van der Waals surface area contributed by atoms with Gasteiger partial charge in [0, 0.05) is 10.2 Å². The molecule has 0 spiro atoms. The van der Waals surface area contributed by atoms with Crippen LogP contribution in [-0.2, 0) is 13.0 Å². The van der Waals surface area contributed by atoms with Gasteiger partial charge in [-0.1, -0.05) is 28.1 Å². The van der Waals surface area contributed by atoms with Gasteiger partial charge in [0.15, 0.2) is 0 Å². The van der Waals surface area contributed by atoms with Crippen LogP contribution in [0.25, 0.3) is 11.3 Å². The van der Waals surface area contributed by atoms with Gasteiger partial charge in [-0.3, -0.25) is 5.10 Å². The molecule has 1 aromatic carbocycles. The molecule has 0 saturated carbocycles. The molecule has 5 nitrogen and oxygen atoms in total. The number of aromatic amines is 2. The molecule has 0 amide bonds. The smallest absolute Gasteiger partial charge is 0.120 e. The molecule has 120 valence electrons. The number of imidazole rings is 1. The van der Waals surface area contributed by atoms with Gasteiger partial charge in [-0.05, 0) is 49.6 Å². The molecule has 2 heterocycles. The van der Waals surface area contributed by atoms with Crippen LogP contribution in [-0.4, -0.2) is 26.7 Å². The minimum atomic E-state index is 0.751. The number of halogens is 1. The second-order valence-electron chi connectivity index (χ2n) is 5.55. The van der Waals surface area contributed by atoms with Crippen molar-refractivity contribution in [2.75, 3.05) is 6.54 Å². The Morgan fingerprint density at radius 2 is 2.00 bits per heavy atom. The Morgan fingerprint density at radius 1 is 1.17 bits per heavy atom. The summed E-state index contributed by atoms with van der Waals surface area (Å²) in [6, 6.07) is 8.21. The number of benzene rings is 1. The van der Waals surface area contributed by atoms with Crippen LogP contribution in [0.5, 0.6) is 0 Å². The lowest BCUT2D eigenvalue weighted by atomic mass is 10.1. The molecular formula is C17H20BrN5. The maximum Gasteiger partial charge on any atom is 0.120 e. The Morgan fingerprint density at radius 3 is 2.74 bits per heavy atom. The third-order valence-electron chi connectivity index (χ3n) is 3.81. The topological polar surface area (TPSA) is 69.4 Å². The van der Waals surface area contributed by atoms with Gasteiger partial charge in [0.05, 0.1) is 24.6 Å². The van der Waals surface area contributed by atoms with E-state index in [9.17, 15) is 0 Å². The lowest BCUT2D eigenvalue weighted by Gasteiger charge is -2.03. The summed E-state index contributed by atoms with van der Waals surface area (Å²) in [4.78, 5) is 7.79. The fourth-order valence-electron chi connectivity index (χ4n) is 2.47. The Labute approximate surface area is 144 Å². The predicted octanol–water partition coefficient (Wildman–Crippen LogP) is 3.59. The van der Waals surface area contributed by atoms with Crippen LogP contribution in [0.2, 0.25) is 0 Å². The molecule has 0 saturated heterocycles. The van der Waals surface area contributed by atoms with E-state index in [0.29, 0.717) is 0 Å². The number of rotatable bonds is 7. The van der Waals surface area contributed by atoms with Crippen molar-refractivity contribution in [3.63, 3.8) is 0 Å². The molecule has 0 aliphatic rings. The summed E-state index contributed by atoms with van der Waals surface area (Å²) in [5.74, 6) is 0.961. The Hall–Kier alpha value is -1.92. The van der Waals surface area contributed by atoms with E-state index in [1.807, 2.05) is 24.5 Å². The molecule has 3 rings (SSSR count). The number of nitrogens with one attached hydrogen (secondary N) is 3. The summed E-state index contributed by atoms with van der Waals surface area (Å²) < 4.78 is 1.08. The van der Waals surface area contributed by atoms with E-state index in [0.717, 1.165) is 53.2 Å². The van der Waals surface area contributed by atoms with Crippen LogP contribution in [0.4, 0.5) is 0 Å². The number of nitrogens with zero attached hydrogens (tertiary/aromatic N) is 2. The molecule has 0 bridgehead atoms. The SMILES string of the molecule is Cc1[nH]ncc1CCCNCc1ncc(-c2ccc(Br)cc2)[nH]1. The van der Waals surface area contributed by atoms with Gasteiger partial charge in [-0.15, -0.1) is 0 Å². The number of aromatic nitrogens is 4. The molecule has 0 fully saturated rings. The minimum Gasteiger partial charge on any atom is -0.341 e. The average molecular weight is 374 g/mol. The van der Waals surface area contributed by atoms with E-state index in [4.69, 9.17) is 0 Å². The van der Waals surface area contributed by atoms with E-state index < -0.39 is 0 Å². The molecular weight excluding hydrogens is 354 g/mol. The van der Waals surface area contributed by atoms with Crippen molar-refractivity contribution in [3.05, 3.63) is 58.2 Å². The lowest BCUT2D eigenvalue weighted by Crippen LogP contribution is -2.16. The van der Waals surface area contributed by atoms with Crippen LogP contribution in [0.1, 0.15) is 23.5 Å². The van der Waals surface area contributed by atoms with Crippen molar-refractivity contribution in [1.29, 1.82) is 0 Å². The van der Waals surface area contributed by atoms with Crippen molar-refractivity contribution < 1.29 is 0 Å². The van der Waals surface area contributed by atoms with E-state index in [1.165, 1.54) is 5.56 Å². The molecule has 6 heteroatoms. The number of H-pyrrole nitrogens is 2. The molecule has 3 N–H and O–H groups in total. The first-order valence-electron chi connectivity index (χ1n) is 7.72. The summed E-state index contributed by atoms with van der Waals surface area (Å²) in [6.45, 7) is 3.77. The molecule has 0 unspecified atom stereocenters. The summed E-state index contributed by atoms with van der Waals surface area (Å²) in [5, 5.41) is 10.4. The summed E-state index contributed by atoms with van der Waals surface area (Å²) >= 11 is 3.45. The van der Waals surface area contributed by atoms with Gasteiger partial charge in [-0.25, -0.2) is 4.98 Å². The fourth-order valence-corrected chi connectivity index (χ4v) is 2.73. The van der Waals surface area contributed by atoms with E-state index in [-0.39, 0.29) is 0 Å². The molecule has 0 aliphatic carbocycles. The zero-order valence-electron chi connectivity index (χ0n) is 13.1. The molecule has 0 radical (unpaired) electrons. The Kier molecular flexibility index (Phi) is 5.25. The van der Waals surface area contributed by atoms with Gasteiger partial charge in [-0.2, -0.15) is 5.10 Å². The van der Waals surface area contributed by atoms with Crippen molar-refractivity contribution in [1.82, 2.24) is 25.5 Å². The maximum atomic E-state index is 4.43. The predicted molar refractivity (Wildman–Crippen MR) is 95.1 cm³/mol. The van der Waals surface area contributed by atoms with Crippen LogP contribution >= 0.6 is 15.9 Å². The second kappa shape index (κ2) is 7.57. The van der Waals surface area contributed by atoms with Crippen molar-refractivity contribution in [3.8, 4) is 11.3 Å². The standard InChI is InChI=1S/C17H20BrN5/c1-12-14(9-21-23-12)3-2-8-19-11-17-20-10-16(22-17)13-4-6-15(18)7-5-13/h4-7,9-10,19H,2-3,8,11H2,1H3,(H,20,22)(H,21,23). The van der Waals surface area contributed by atoms with E-state index >= 15 is 0 Å². The molecule has 3 aromatic rings. The largest absolute Gasteiger partial charge is 0.341 e. The summed E-state index contributed by atoms with van der Waals surface area (Å²) in [5.41, 5.74) is 4.64. The minimum absolute atomic E-state index is 0.751. The van der Waals surface area contributed by atoms with E-state index in [2.05, 4.69) is 60.5 Å². The van der Waals surface area contributed by atoms with Gasteiger partial charge in [0.2, 0.25) is 0 Å². The molecule has 0 atom stereocenters. The first kappa shape index (κ1) is 16.0. The first-order valence-corrected chi connectivity index (χ1v) is 8.51. The Balaban J connectivity index is 1.44. The fraction of sp³-hybridized carbons (Fsp3) is 0.294. The number of aryl methyl sites for hydroxylation is 2. The highest BCUT2D eigenvalue weighted by molar-refractivity contribution is 9.10. The Bertz CT molecular complexity index is 744. The average Bonchev–Trinajstić information content (AvgIpc) is 3.17. The highest BCUT2D eigenvalue weighted by Crippen LogP contribution is 2.19. The van der Waals surface area contributed by atoms with Crippen molar-refractivity contribution in [2.45, 2.75) is 26.3 Å². The summed E-state index contributed by atoms with van der Waals surface area (Å²) in [7, 11) is 0. The lowest BCUT2D eigenvalue weighted by molar-refractivity contribution is 0.633. The quantitative estimate of drug-likeness (QED) is 0.554. The van der Waals surface area contributed by atoms with Crippen molar-refractivity contribution in [2.24, 2.45) is 0 Å². The van der Waals surface area contributed by atoms with Crippen LogP contribution in [0, 0.1) is 6.92 Å².